The maximum atomic E-state index is 11.7. The van der Waals surface area contributed by atoms with Crippen LogP contribution < -0.4 is 10.1 Å². The lowest BCUT2D eigenvalue weighted by Gasteiger charge is -2.07. The Balaban J connectivity index is 1.91. The molecule has 0 heterocycles. The van der Waals surface area contributed by atoms with Crippen LogP contribution in [-0.4, -0.2) is 24.7 Å². The highest BCUT2D eigenvalue weighted by molar-refractivity contribution is 5.96. The summed E-state index contributed by atoms with van der Waals surface area (Å²) in [5.41, 5.74) is 0.735. The summed E-state index contributed by atoms with van der Waals surface area (Å²) in [7, 11) is 0. The van der Waals surface area contributed by atoms with E-state index in [1.165, 1.54) is 12.1 Å². The minimum atomic E-state index is -0.645. The molecule has 0 saturated heterocycles. The van der Waals surface area contributed by atoms with Crippen LogP contribution in [0.25, 0.3) is 0 Å². The van der Waals surface area contributed by atoms with Crippen LogP contribution in [0, 0.1) is 0 Å². The molecule has 5 nitrogen and oxygen atoms in total. The Hall–Kier alpha value is -2.95. The first-order valence-corrected chi connectivity index (χ1v) is 6.29. The van der Waals surface area contributed by atoms with Crippen LogP contribution in [0.4, 0.5) is 0 Å². The number of nitrogens with one attached hydrogen (secondary N) is 1. The predicted octanol–water partition coefficient (Wildman–Crippen LogP) is 1.83. The Kier molecular flexibility index (Phi) is 4.82. The molecule has 0 unspecified atom stereocenters. The highest BCUT2D eigenvalue weighted by atomic mass is 16.5. The molecule has 0 radical (unpaired) electrons. The summed E-state index contributed by atoms with van der Waals surface area (Å²) in [6.07, 6.45) is 0.602. The van der Waals surface area contributed by atoms with Gasteiger partial charge >= 0.3 is 5.97 Å². The topological polar surface area (TPSA) is 72.5 Å². The smallest absolute Gasteiger partial charge is 0.330 e. The van der Waals surface area contributed by atoms with E-state index in [2.05, 4.69) is 5.32 Å². The van der Waals surface area contributed by atoms with E-state index in [9.17, 15) is 14.4 Å². The summed E-state index contributed by atoms with van der Waals surface area (Å²) in [5.74, 6) is -0.837. The third-order valence-electron chi connectivity index (χ3n) is 2.70. The van der Waals surface area contributed by atoms with Crippen LogP contribution in [-0.2, 0) is 4.79 Å². The lowest BCUT2D eigenvalue weighted by atomic mass is 10.2. The molecule has 0 aliphatic rings. The first-order chi connectivity index (χ1) is 10.2. The quantitative estimate of drug-likeness (QED) is 0.516. The van der Waals surface area contributed by atoms with E-state index in [0.717, 1.165) is 0 Å². The lowest BCUT2D eigenvalue weighted by Crippen LogP contribution is -2.32. The standard InChI is InChI=1S/C16H13NO4/c18-11-13-8-4-5-9-14(13)21-15(19)10-17-16(20)12-6-2-1-3-7-12/h1-9,11H,10H2,(H,17,20). The fraction of sp³-hybridized carbons (Fsp3) is 0.0625. The van der Waals surface area contributed by atoms with Gasteiger partial charge in [-0.2, -0.15) is 0 Å². The van der Waals surface area contributed by atoms with E-state index >= 15 is 0 Å². The molecule has 2 rings (SSSR count). The molecule has 1 N–H and O–H groups in total. The van der Waals surface area contributed by atoms with Crippen molar-refractivity contribution in [2.24, 2.45) is 0 Å². The van der Waals surface area contributed by atoms with Crippen molar-refractivity contribution in [2.75, 3.05) is 6.54 Å². The van der Waals surface area contributed by atoms with Gasteiger partial charge in [0.2, 0.25) is 0 Å². The van der Waals surface area contributed by atoms with Crippen molar-refractivity contribution < 1.29 is 19.1 Å². The molecule has 1 amide bonds. The number of rotatable bonds is 5. The normalized spacial score (nSPS) is 9.71. The summed E-state index contributed by atoms with van der Waals surface area (Å²) < 4.78 is 5.04. The fourth-order valence-corrected chi connectivity index (χ4v) is 1.67. The fourth-order valence-electron chi connectivity index (χ4n) is 1.67. The van der Waals surface area contributed by atoms with E-state index in [1.807, 2.05) is 0 Å². The highest BCUT2D eigenvalue weighted by Crippen LogP contribution is 2.15. The van der Waals surface area contributed by atoms with Crippen molar-refractivity contribution in [1.82, 2.24) is 5.32 Å². The van der Waals surface area contributed by atoms with Gasteiger partial charge in [0.1, 0.15) is 12.3 Å². The second kappa shape index (κ2) is 7.00. The van der Waals surface area contributed by atoms with Crippen molar-refractivity contribution in [1.29, 1.82) is 0 Å². The van der Waals surface area contributed by atoms with Crippen molar-refractivity contribution in [3.63, 3.8) is 0 Å². The number of esters is 1. The van der Waals surface area contributed by atoms with Gasteiger partial charge in [0, 0.05) is 5.56 Å². The molecule has 21 heavy (non-hydrogen) atoms. The number of benzene rings is 2. The zero-order valence-corrected chi connectivity index (χ0v) is 11.1. The monoisotopic (exact) mass is 283 g/mol. The number of para-hydroxylation sites is 1. The maximum absolute atomic E-state index is 11.7. The molecule has 0 atom stereocenters. The number of aldehydes is 1. The Bertz CT molecular complexity index is 652. The van der Waals surface area contributed by atoms with Crippen LogP contribution in [0.3, 0.4) is 0 Å². The zero-order valence-electron chi connectivity index (χ0n) is 11.1. The van der Waals surface area contributed by atoms with Crippen molar-refractivity contribution in [3.8, 4) is 5.75 Å². The van der Waals surface area contributed by atoms with Crippen LogP contribution in [0.1, 0.15) is 20.7 Å². The summed E-state index contributed by atoms with van der Waals surface area (Å²) in [5, 5.41) is 2.45. The first kappa shape index (κ1) is 14.5. The van der Waals surface area contributed by atoms with Gasteiger partial charge in [-0.15, -0.1) is 0 Å². The number of hydrogen-bond donors (Lipinski definition) is 1. The Labute approximate surface area is 121 Å². The van der Waals surface area contributed by atoms with Crippen molar-refractivity contribution >= 4 is 18.2 Å². The minimum Gasteiger partial charge on any atom is -0.424 e. The molecule has 2 aromatic carbocycles. The van der Waals surface area contributed by atoms with Gasteiger partial charge in [-0.1, -0.05) is 30.3 Å². The largest absolute Gasteiger partial charge is 0.424 e. The zero-order chi connectivity index (χ0) is 15.1. The van der Waals surface area contributed by atoms with Crippen molar-refractivity contribution in [2.45, 2.75) is 0 Å². The second-order valence-corrected chi connectivity index (χ2v) is 4.18. The molecule has 0 saturated carbocycles. The van der Waals surface area contributed by atoms with Crippen LogP contribution in [0.5, 0.6) is 5.75 Å². The van der Waals surface area contributed by atoms with Gasteiger partial charge in [-0.3, -0.25) is 9.59 Å². The van der Waals surface area contributed by atoms with E-state index in [4.69, 9.17) is 4.74 Å². The predicted molar refractivity (Wildman–Crippen MR) is 76.2 cm³/mol. The summed E-state index contributed by atoms with van der Waals surface area (Å²) in [4.78, 5) is 34.2. The molecule has 106 valence electrons. The Morgan fingerprint density at radius 3 is 2.38 bits per heavy atom. The van der Waals surface area contributed by atoms with E-state index < -0.39 is 5.97 Å². The van der Waals surface area contributed by atoms with Gasteiger partial charge < -0.3 is 10.1 Å². The molecular weight excluding hydrogens is 270 g/mol. The van der Waals surface area contributed by atoms with Gasteiger partial charge in [0.05, 0.1) is 5.56 Å². The molecular formula is C16H13NO4. The Morgan fingerprint density at radius 1 is 1.00 bits per heavy atom. The Morgan fingerprint density at radius 2 is 1.67 bits per heavy atom. The number of carbonyl (C=O) groups excluding carboxylic acids is 3. The number of carbonyl (C=O) groups is 3. The minimum absolute atomic E-state index is 0.173. The summed E-state index contributed by atoms with van der Waals surface area (Å²) in [6.45, 7) is -0.277. The van der Waals surface area contributed by atoms with Gasteiger partial charge in [0.25, 0.3) is 5.91 Å². The average Bonchev–Trinajstić information content (AvgIpc) is 2.54. The molecule has 5 heteroatoms. The van der Waals surface area contributed by atoms with Gasteiger partial charge in [-0.05, 0) is 24.3 Å². The van der Waals surface area contributed by atoms with Gasteiger partial charge in [0.15, 0.2) is 6.29 Å². The van der Waals surface area contributed by atoms with E-state index in [0.29, 0.717) is 11.8 Å². The molecule has 0 aliphatic heterocycles. The molecule has 0 bridgehead atoms. The number of amides is 1. The van der Waals surface area contributed by atoms with Crippen LogP contribution in [0.2, 0.25) is 0 Å². The SMILES string of the molecule is O=Cc1ccccc1OC(=O)CNC(=O)c1ccccc1. The van der Waals surface area contributed by atoms with E-state index in [1.54, 1.807) is 42.5 Å². The number of ether oxygens (including phenoxy) is 1. The summed E-state index contributed by atoms with van der Waals surface area (Å²) >= 11 is 0. The molecule has 0 aliphatic carbocycles. The highest BCUT2D eigenvalue weighted by Gasteiger charge is 2.11. The van der Waals surface area contributed by atoms with E-state index in [-0.39, 0.29) is 23.8 Å². The molecule has 2 aromatic rings. The third kappa shape index (κ3) is 4.01. The third-order valence-corrected chi connectivity index (χ3v) is 2.70. The first-order valence-electron chi connectivity index (χ1n) is 6.29. The average molecular weight is 283 g/mol. The molecule has 0 aromatic heterocycles. The second-order valence-electron chi connectivity index (χ2n) is 4.18. The molecule has 0 spiro atoms. The number of hydrogen-bond acceptors (Lipinski definition) is 4. The van der Waals surface area contributed by atoms with Gasteiger partial charge in [-0.25, -0.2) is 4.79 Å². The van der Waals surface area contributed by atoms with Crippen LogP contribution in [0.15, 0.2) is 54.6 Å². The van der Waals surface area contributed by atoms with Crippen LogP contribution >= 0.6 is 0 Å². The lowest BCUT2D eigenvalue weighted by molar-refractivity contribution is -0.133. The summed E-state index contributed by atoms with van der Waals surface area (Å²) in [6, 6.07) is 14.9. The van der Waals surface area contributed by atoms with Crippen molar-refractivity contribution in [3.05, 3.63) is 65.7 Å². The maximum Gasteiger partial charge on any atom is 0.330 e. The molecule has 0 fully saturated rings.